The van der Waals surface area contributed by atoms with Gasteiger partial charge in [-0.15, -0.1) is 5.10 Å². The number of anilines is 4. The monoisotopic (exact) mass is 291 g/mol. The Morgan fingerprint density at radius 2 is 1.64 bits per heavy atom. The summed E-state index contributed by atoms with van der Waals surface area (Å²) in [5, 5.41) is 14.4. The first-order valence-electron chi connectivity index (χ1n) is 7.06. The van der Waals surface area contributed by atoms with Crippen molar-refractivity contribution in [3.05, 3.63) is 65.9 Å². The summed E-state index contributed by atoms with van der Waals surface area (Å²) < 4.78 is 0. The largest absolute Gasteiger partial charge is 0.339 e. The quantitative estimate of drug-likeness (QED) is 0.761. The van der Waals surface area contributed by atoms with Crippen molar-refractivity contribution in [1.29, 1.82) is 0 Å². The van der Waals surface area contributed by atoms with Crippen LogP contribution in [0.2, 0.25) is 0 Å². The zero-order valence-corrected chi connectivity index (χ0v) is 12.5. The van der Waals surface area contributed by atoms with E-state index in [1.807, 2.05) is 56.3 Å². The van der Waals surface area contributed by atoms with E-state index in [-0.39, 0.29) is 0 Å². The molecule has 2 N–H and O–H groups in total. The molecule has 0 unspecified atom stereocenters. The van der Waals surface area contributed by atoms with E-state index in [4.69, 9.17) is 0 Å². The molecule has 110 valence electrons. The van der Waals surface area contributed by atoms with Gasteiger partial charge in [0.15, 0.2) is 5.82 Å². The number of nitrogens with one attached hydrogen (secondary N) is 2. The van der Waals surface area contributed by atoms with Crippen LogP contribution in [0.25, 0.3) is 0 Å². The summed E-state index contributed by atoms with van der Waals surface area (Å²) in [7, 11) is 0. The van der Waals surface area contributed by atoms with Crippen LogP contribution < -0.4 is 10.6 Å². The van der Waals surface area contributed by atoms with Crippen molar-refractivity contribution in [2.45, 2.75) is 13.8 Å². The SMILES string of the molecule is Cc1ccc(Nc2nncc(Nc3cccc(C)c3)n2)cc1. The van der Waals surface area contributed by atoms with Gasteiger partial charge in [-0.05, 0) is 43.7 Å². The lowest BCUT2D eigenvalue weighted by Crippen LogP contribution is -2.02. The molecule has 0 saturated carbocycles. The minimum atomic E-state index is 0.460. The molecule has 0 spiro atoms. The zero-order valence-electron chi connectivity index (χ0n) is 12.5. The van der Waals surface area contributed by atoms with Crippen molar-refractivity contribution in [3.8, 4) is 0 Å². The number of aromatic nitrogens is 3. The Hall–Kier alpha value is -2.95. The smallest absolute Gasteiger partial charge is 0.249 e. The van der Waals surface area contributed by atoms with Gasteiger partial charge in [-0.25, -0.2) is 0 Å². The maximum absolute atomic E-state index is 4.42. The molecule has 5 heteroatoms. The molecule has 5 nitrogen and oxygen atoms in total. The molecule has 3 rings (SSSR count). The highest BCUT2D eigenvalue weighted by molar-refractivity contribution is 5.59. The van der Waals surface area contributed by atoms with Crippen LogP contribution in [0.5, 0.6) is 0 Å². The first-order chi connectivity index (χ1) is 10.7. The predicted molar refractivity (Wildman–Crippen MR) is 88.8 cm³/mol. The third-order valence-electron chi connectivity index (χ3n) is 3.16. The molecule has 2 aromatic carbocycles. The summed E-state index contributed by atoms with van der Waals surface area (Å²) in [4.78, 5) is 4.42. The Bertz CT molecular complexity index is 768. The van der Waals surface area contributed by atoms with Crippen molar-refractivity contribution < 1.29 is 0 Å². The van der Waals surface area contributed by atoms with Gasteiger partial charge in [-0.1, -0.05) is 29.8 Å². The van der Waals surface area contributed by atoms with Gasteiger partial charge in [0.05, 0.1) is 6.20 Å². The van der Waals surface area contributed by atoms with Gasteiger partial charge in [0, 0.05) is 11.4 Å². The molecule has 3 aromatic rings. The summed E-state index contributed by atoms with van der Waals surface area (Å²) in [5.41, 5.74) is 4.30. The summed E-state index contributed by atoms with van der Waals surface area (Å²) in [5.74, 6) is 1.11. The molecule has 0 atom stereocenters. The van der Waals surface area contributed by atoms with Gasteiger partial charge in [-0.3, -0.25) is 0 Å². The Morgan fingerprint density at radius 3 is 2.41 bits per heavy atom. The topological polar surface area (TPSA) is 62.7 Å². The van der Waals surface area contributed by atoms with Gasteiger partial charge >= 0.3 is 0 Å². The third-order valence-corrected chi connectivity index (χ3v) is 3.16. The van der Waals surface area contributed by atoms with Gasteiger partial charge in [0.1, 0.15) is 0 Å². The van der Waals surface area contributed by atoms with E-state index >= 15 is 0 Å². The first kappa shape index (κ1) is 14.0. The Balaban J connectivity index is 1.76. The van der Waals surface area contributed by atoms with E-state index in [9.17, 15) is 0 Å². The molecule has 0 amide bonds. The van der Waals surface area contributed by atoms with Gasteiger partial charge < -0.3 is 10.6 Å². The maximum atomic E-state index is 4.42. The molecular weight excluding hydrogens is 274 g/mol. The number of hydrogen-bond acceptors (Lipinski definition) is 5. The molecule has 0 fully saturated rings. The average Bonchev–Trinajstić information content (AvgIpc) is 2.50. The van der Waals surface area contributed by atoms with E-state index in [0.29, 0.717) is 11.8 Å². The van der Waals surface area contributed by atoms with Gasteiger partial charge in [0.2, 0.25) is 5.95 Å². The standard InChI is InChI=1S/C17H17N5/c1-12-6-8-14(9-7-12)20-17-21-16(11-18-22-17)19-15-5-3-4-13(2)10-15/h3-11H,1-2H3,(H2,19,20,21,22). The fraction of sp³-hybridized carbons (Fsp3) is 0.118. The lowest BCUT2D eigenvalue weighted by Gasteiger charge is -2.08. The van der Waals surface area contributed by atoms with Crippen LogP contribution in [0.4, 0.5) is 23.1 Å². The second-order valence-electron chi connectivity index (χ2n) is 5.15. The van der Waals surface area contributed by atoms with Gasteiger partial charge in [-0.2, -0.15) is 10.1 Å². The van der Waals surface area contributed by atoms with Crippen LogP contribution in [0.15, 0.2) is 54.7 Å². The van der Waals surface area contributed by atoms with E-state index < -0.39 is 0 Å². The van der Waals surface area contributed by atoms with Crippen LogP contribution >= 0.6 is 0 Å². The maximum Gasteiger partial charge on any atom is 0.249 e. The molecule has 1 aromatic heterocycles. The number of benzene rings is 2. The normalized spacial score (nSPS) is 10.3. The predicted octanol–water partition coefficient (Wildman–Crippen LogP) is 3.98. The fourth-order valence-electron chi connectivity index (χ4n) is 2.05. The lowest BCUT2D eigenvalue weighted by atomic mass is 10.2. The highest BCUT2D eigenvalue weighted by Crippen LogP contribution is 2.17. The van der Waals surface area contributed by atoms with Crippen LogP contribution in [0.3, 0.4) is 0 Å². The molecule has 0 aliphatic heterocycles. The molecule has 0 aliphatic rings. The summed E-state index contributed by atoms with van der Waals surface area (Å²) in [6.07, 6.45) is 1.60. The van der Waals surface area contributed by atoms with Crippen molar-refractivity contribution in [2.24, 2.45) is 0 Å². The molecule has 0 saturated heterocycles. The first-order valence-corrected chi connectivity index (χ1v) is 7.06. The van der Waals surface area contributed by atoms with Crippen LogP contribution in [-0.4, -0.2) is 15.2 Å². The molecule has 0 bridgehead atoms. The highest BCUT2D eigenvalue weighted by Gasteiger charge is 2.02. The zero-order chi connectivity index (χ0) is 15.4. The number of hydrogen-bond donors (Lipinski definition) is 2. The molecule has 0 aliphatic carbocycles. The molecular formula is C17H17N5. The Labute approximate surface area is 129 Å². The summed E-state index contributed by atoms with van der Waals surface area (Å²) >= 11 is 0. The van der Waals surface area contributed by atoms with Crippen LogP contribution in [0.1, 0.15) is 11.1 Å². The molecule has 0 radical (unpaired) electrons. The Morgan fingerprint density at radius 1 is 0.818 bits per heavy atom. The van der Waals surface area contributed by atoms with Crippen molar-refractivity contribution in [2.75, 3.05) is 10.6 Å². The number of aryl methyl sites for hydroxylation is 2. The van der Waals surface area contributed by atoms with Crippen LogP contribution in [-0.2, 0) is 0 Å². The van der Waals surface area contributed by atoms with Crippen LogP contribution in [0, 0.1) is 13.8 Å². The second-order valence-corrected chi connectivity index (χ2v) is 5.15. The average molecular weight is 291 g/mol. The molecule has 1 heterocycles. The minimum Gasteiger partial charge on any atom is -0.339 e. The Kier molecular flexibility index (Phi) is 3.96. The highest BCUT2D eigenvalue weighted by atomic mass is 15.3. The fourth-order valence-corrected chi connectivity index (χ4v) is 2.05. The van der Waals surface area contributed by atoms with E-state index in [2.05, 4.69) is 31.9 Å². The van der Waals surface area contributed by atoms with E-state index in [1.54, 1.807) is 6.20 Å². The van der Waals surface area contributed by atoms with E-state index in [0.717, 1.165) is 11.4 Å². The third kappa shape index (κ3) is 3.58. The van der Waals surface area contributed by atoms with Gasteiger partial charge in [0.25, 0.3) is 0 Å². The van der Waals surface area contributed by atoms with E-state index in [1.165, 1.54) is 11.1 Å². The van der Waals surface area contributed by atoms with Crippen molar-refractivity contribution in [3.63, 3.8) is 0 Å². The summed E-state index contributed by atoms with van der Waals surface area (Å²) in [6, 6.07) is 16.1. The number of nitrogens with zero attached hydrogens (tertiary/aromatic N) is 3. The lowest BCUT2D eigenvalue weighted by molar-refractivity contribution is 0.982. The minimum absolute atomic E-state index is 0.460. The van der Waals surface area contributed by atoms with Crippen molar-refractivity contribution >= 4 is 23.1 Å². The number of rotatable bonds is 4. The summed E-state index contributed by atoms with van der Waals surface area (Å²) in [6.45, 7) is 4.10. The second kappa shape index (κ2) is 6.22. The molecule has 22 heavy (non-hydrogen) atoms. The van der Waals surface area contributed by atoms with Crippen molar-refractivity contribution in [1.82, 2.24) is 15.2 Å².